The van der Waals surface area contributed by atoms with Gasteiger partial charge in [0.15, 0.2) is 0 Å². The van der Waals surface area contributed by atoms with Crippen molar-refractivity contribution in [2.45, 2.75) is 4.90 Å². The van der Waals surface area contributed by atoms with Crippen molar-refractivity contribution in [3.05, 3.63) is 65.7 Å². The number of nitrogens with zero attached hydrogens (tertiary/aromatic N) is 1. The molecule has 4 rings (SSSR count). The Labute approximate surface area is 145 Å². The summed E-state index contributed by atoms with van der Waals surface area (Å²) in [5.41, 5.74) is 0.711. The van der Waals surface area contributed by atoms with Gasteiger partial charge in [0, 0.05) is 10.4 Å². The maximum atomic E-state index is 12.8. The largest absolute Gasteiger partial charge is 0.492 e. The molecule has 0 atom stereocenters. The Hall–Kier alpha value is -2.24. The molecular formula is C18H14ClNO3S. The first-order valence-corrected chi connectivity index (χ1v) is 9.32. The fourth-order valence-electron chi connectivity index (χ4n) is 2.98. The first-order valence-electron chi connectivity index (χ1n) is 7.50. The highest BCUT2D eigenvalue weighted by Crippen LogP contribution is 2.41. The summed E-state index contributed by atoms with van der Waals surface area (Å²) >= 11 is 5.84. The lowest BCUT2D eigenvalue weighted by atomic mass is 10.1. The number of ether oxygens (including phenoxy) is 1. The minimum Gasteiger partial charge on any atom is -0.492 e. The van der Waals surface area contributed by atoms with Crippen LogP contribution in [0, 0.1) is 0 Å². The Morgan fingerprint density at radius 3 is 2.42 bits per heavy atom. The molecule has 0 spiro atoms. The molecule has 0 aromatic heterocycles. The Morgan fingerprint density at radius 1 is 0.958 bits per heavy atom. The summed E-state index contributed by atoms with van der Waals surface area (Å²) in [7, 11) is -3.53. The van der Waals surface area contributed by atoms with Crippen LogP contribution in [0.5, 0.6) is 5.75 Å². The van der Waals surface area contributed by atoms with Crippen molar-refractivity contribution in [2.24, 2.45) is 0 Å². The van der Waals surface area contributed by atoms with E-state index in [1.54, 1.807) is 36.4 Å². The highest BCUT2D eigenvalue weighted by atomic mass is 35.5. The van der Waals surface area contributed by atoms with Gasteiger partial charge in [-0.15, -0.1) is 0 Å². The van der Waals surface area contributed by atoms with Gasteiger partial charge in [0.05, 0.1) is 17.1 Å². The van der Waals surface area contributed by atoms with Crippen LogP contribution >= 0.6 is 11.6 Å². The number of sulfonamides is 1. The van der Waals surface area contributed by atoms with E-state index < -0.39 is 10.0 Å². The molecule has 122 valence electrons. The zero-order valence-electron chi connectivity index (χ0n) is 12.6. The third kappa shape index (κ3) is 2.41. The van der Waals surface area contributed by atoms with Crippen LogP contribution in [0.1, 0.15) is 0 Å². The molecule has 0 aliphatic carbocycles. The van der Waals surface area contributed by atoms with Gasteiger partial charge in [-0.05, 0) is 41.8 Å². The minimum atomic E-state index is -3.53. The SMILES string of the molecule is O=S1(=O)c2cccc3cccc(c23)N1CCOc1ccc(Cl)cc1. The van der Waals surface area contributed by atoms with Crippen molar-refractivity contribution in [3.63, 3.8) is 0 Å². The Balaban J connectivity index is 1.60. The van der Waals surface area contributed by atoms with Gasteiger partial charge in [-0.3, -0.25) is 4.31 Å². The monoisotopic (exact) mass is 359 g/mol. The molecule has 0 bridgehead atoms. The second-order valence-corrected chi connectivity index (χ2v) is 7.78. The maximum absolute atomic E-state index is 12.8. The van der Waals surface area contributed by atoms with Gasteiger partial charge in [0.2, 0.25) is 0 Å². The summed E-state index contributed by atoms with van der Waals surface area (Å²) in [6.45, 7) is 0.504. The number of anilines is 1. The van der Waals surface area contributed by atoms with E-state index in [9.17, 15) is 8.42 Å². The van der Waals surface area contributed by atoms with Gasteiger partial charge >= 0.3 is 0 Å². The van der Waals surface area contributed by atoms with E-state index in [4.69, 9.17) is 16.3 Å². The molecule has 0 saturated carbocycles. The minimum absolute atomic E-state index is 0.249. The van der Waals surface area contributed by atoms with E-state index in [-0.39, 0.29) is 13.2 Å². The summed E-state index contributed by atoms with van der Waals surface area (Å²) < 4.78 is 32.7. The lowest BCUT2D eigenvalue weighted by molar-refractivity contribution is 0.329. The molecule has 0 N–H and O–H groups in total. The van der Waals surface area contributed by atoms with Crippen LogP contribution in [-0.4, -0.2) is 21.6 Å². The molecule has 0 amide bonds. The topological polar surface area (TPSA) is 46.6 Å². The standard InChI is InChI=1S/C18H14ClNO3S/c19-14-7-9-15(10-8-14)23-12-11-20-16-5-1-3-13-4-2-6-17(18(13)16)24(20,21)22/h1-10H,11-12H2. The molecule has 3 aromatic rings. The summed E-state index contributed by atoms with van der Waals surface area (Å²) in [6, 6.07) is 18.0. The molecule has 6 heteroatoms. The van der Waals surface area contributed by atoms with Gasteiger partial charge in [0.25, 0.3) is 10.0 Å². The summed E-state index contributed by atoms with van der Waals surface area (Å²) in [6.07, 6.45) is 0. The molecule has 1 heterocycles. The van der Waals surface area contributed by atoms with Gasteiger partial charge in [-0.25, -0.2) is 8.42 Å². The van der Waals surface area contributed by atoms with E-state index in [0.29, 0.717) is 21.4 Å². The molecule has 0 radical (unpaired) electrons. The van der Waals surface area contributed by atoms with Crippen LogP contribution in [0.2, 0.25) is 5.02 Å². The van der Waals surface area contributed by atoms with Crippen LogP contribution in [0.4, 0.5) is 5.69 Å². The zero-order chi connectivity index (χ0) is 16.7. The smallest absolute Gasteiger partial charge is 0.265 e. The number of hydrogen-bond donors (Lipinski definition) is 0. The van der Waals surface area contributed by atoms with Crippen molar-refractivity contribution in [1.82, 2.24) is 0 Å². The Bertz CT molecular complexity index is 1010. The molecule has 3 aromatic carbocycles. The molecule has 4 nitrogen and oxygen atoms in total. The number of benzene rings is 3. The van der Waals surface area contributed by atoms with E-state index >= 15 is 0 Å². The highest BCUT2D eigenvalue weighted by molar-refractivity contribution is 7.93. The van der Waals surface area contributed by atoms with Crippen molar-refractivity contribution >= 4 is 38.1 Å². The van der Waals surface area contributed by atoms with Gasteiger partial charge < -0.3 is 4.74 Å². The third-order valence-corrected chi connectivity index (χ3v) is 6.17. The average Bonchev–Trinajstić information content (AvgIpc) is 2.80. The van der Waals surface area contributed by atoms with Crippen LogP contribution < -0.4 is 9.04 Å². The van der Waals surface area contributed by atoms with Gasteiger partial charge in [-0.2, -0.15) is 0 Å². The normalized spacial score (nSPS) is 15.0. The van der Waals surface area contributed by atoms with Crippen molar-refractivity contribution in [3.8, 4) is 5.75 Å². The highest BCUT2D eigenvalue weighted by Gasteiger charge is 2.35. The quantitative estimate of drug-likeness (QED) is 0.705. The second-order valence-electron chi connectivity index (χ2n) is 5.51. The van der Waals surface area contributed by atoms with Crippen LogP contribution in [0.3, 0.4) is 0 Å². The van der Waals surface area contributed by atoms with Crippen molar-refractivity contribution in [2.75, 3.05) is 17.5 Å². The molecule has 1 aliphatic heterocycles. The van der Waals surface area contributed by atoms with E-state index in [1.165, 1.54) is 4.31 Å². The van der Waals surface area contributed by atoms with E-state index in [2.05, 4.69) is 0 Å². The first-order chi connectivity index (χ1) is 11.6. The molecule has 0 unspecified atom stereocenters. The Morgan fingerprint density at radius 2 is 1.67 bits per heavy atom. The summed E-state index contributed by atoms with van der Waals surface area (Å²) in [5, 5.41) is 2.34. The number of halogens is 1. The van der Waals surface area contributed by atoms with Crippen LogP contribution in [0.25, 0.3) is 10.8 Å². The molecule has 1 aliphatic rings. The van der Waals surface area contributed by atoms with Crippen molar-refractivity contribution in [1.29, 1.82) is 0 Å². The number of rotatable bonds is 4. The summed E-state index contributed by atoms with van der Waals surface area (Å²) in [5.74, 6) is 0.659. The molecule has 0 saturated heterocycles. The number of hydrogen-bond acceptors (Lipinski definition) is 3. The zero-order valence-corrected chi connectivity index (χ0v) is 14.2. The Kier molecular flexibility index (Phi) is 3.62. The third-order valence-electron chi connectivity index (χ3n) is 4.06. The predicted octanol–water partition coefficient (Wildman–Crippen LogP) is 4.08. The van der Waals surface area contributed by atoms with Crippen LogP contribution in [-0.2, 0) is 10.0 Å². The molecule has 0 fully saturated rings. The van der Waals surface area contributed by atoms with Gasteiger partial charge in [0.1, 0.15) is 12.4 Å². The fourth-order valence-corrected chi connectivity index (χ4v) is 4.80. The summed E-state index contributed by atoms with van der Waals surface area (Å²) in [4.78, 5) is 0.363. The average molecular weight is 360 g/mol. The van der Waals surface area contributed by atoms with Crippen LogP contribution in [0.15, 0.2) is 65.6 Å². The van der Waals surface area contributed by atoms with Gasteiger partial charge in [-0.1, -0.05) is 35.9 Å². The van der Waals surface area contributed by atoms with E-state index in [0.717, 1.165) is 10.8 Å². The second kappa shape index (κ2) is 5.69. The molecular weight excluding hydrogens is 346 g/mol. The lowest BCUT2D eigenvalue weighted by Gasteiger charge is -2.19. The predicted molar refractivity (Wildman–Crippen MR) is 95.4 cm³/mol. The maximum Gasteiger partial charge on any atom is 0.265 e. The molecule has 24 heavy (non-hydrogen) atoms. The van der Waals surface area contributed by atoms with Crippen molar-refractivity contribution < 1.29 is 13.2 Å². The lowest BCUT2D eigenvalue weighted by Crippen LogP contribution is -2.31. The fraction of sp³-hybridized carbons (Fsp3) is 0.111. The van der Waals surface area contributed by atoms with E-state index in [1.807, 2.05) is 24.3 Å². The first kappa shape index (κ1) is 15.3.